The number of benzene rings is 2. The fourth-order valence-electron chi connectivity index (χ4n) is 4.03. The van der Waals surface area contributed by atoms with E-state index < -0.39 is 17.7 Å². The first-order chi connectivity index (χ1) is 15.3. The average molecular weight is 449 g/mol. The summed E-state index contributed by atoms with van der Waals surface area (Å²) in [6.45, 7) is 7.94. The van der Waals surface area contributed by atoms with Gasteiger partial charge in [0, 0.05) is 5.69 Å². The van der Waals surface area contributed by atoms with Gasteiger partial charge in [-0.2, -0.15) is 0 Å². The molecule has 1 atom stereocenters. The Kier molecular flexibility index (Phi) is 5.84. The molecule has 7 heteroatoms. The van der Waals surface area contributed by atoms with Gasteiger partial charge in [0.1, 0.15) is 5.75 Å². The van der Waals surface area contributed by atoms with E-state index in [9.17, 15) is 14.7 Å². The predicted molar refractivity (Wildman–Crippen MR) is 125 cm³/mol. The van der Waals surface area contributed by atoms with E-state index in [2.05, 4.69) is 4.98 Å². The SMILES string of the molecule is CCOc1ccc(N2C(=O)C(O)=C(C(=O)c3sc(C)nc3C)C2c2ccccc2C)cc1. The number of ether oxygens (including phenoxy) is 1. The molecule has 0 aliphatic carbocycles. The van der Waals surface area contributed by atoms with Crippen LogP contribution in [-0.2, 0) is 4.79 Å². The highest BCUT2D eigenvalue weighted by molar-refractivity contribution is 7.14. The Labute approximate surface area is 190 Å². The lowest BCUT2D eigenvalue weighted by Crippen LogP contribution is -2.31. The second-order valence-corrected chi connectivity index (χ2v) is 8.80. The molecule has 1 unspecified atom stereocenters. The minimum absolute atomic E-state index is 0.0740. The van der Waals surface area contributed by atoms with Gasteiger partial charge in [0.05, 0.1) is 33.8 Å². The van der Waals surface area contributed by atoms with Crippen LogP contribution in [0.4, 0.5) is 5.69 Å². The molecule has 2 heterocycles. The number of hydrogen-bond donors (Lipinski definition) is 1. The van der Waals surface area contributed by atoms with Gasteiger partial charge in [-0.25, -0.2) is 4.98 Å². The van der Waals surface area contributed by atoms with Gasteiger partial charge >= 0.3 is 0 Å². The molecule has 1 amide bonds. The molecule has 1 N–H and O–H groups in total. The summed E-state index contributed by atoms with van der Waals surface area (Å²) in [5.74, 6) is -0.826. The number of nitrogens with zero attached hydrogens (tertiary/aromatic N) is 2. The quantitative estimate of drug-likeness (QED) is 0.521. The third-order valence-corrected chi connectivity index (χ3v) is 6.54. The number of ketones is 1. The third-order valence-electron chi connectivity index (χ3n) is 5.47. The van der Waals surface area contributed by atoms with Gasteiger partial charge in [-0.05, 0) is 63.1 Å². The third kappa shape index (κ3) is 3.69. The molecule has 0 saturated heterocycles. The molecule has 164 valence electrons. The lowest BCUT2D eigenvalue weighted by Gasteiger charge is -2.28. The molecular formula is C25H24N2O4S. The number of Topliss-reactive ketones (excluding diaryl/α,β-unsaturated/α-hetero) is 1. The summed E-state index contributed by atoms with van der Waals surface area (Å²) in [5, 5.41) is 11.7. The summed E-state index contributed by atoms with van der Waals surface area (Å²) in [7, 11) is 0. The van der Waals surface area contributed by atoms with Crippen molar-refractivity contribution in [1.82, 2.24) is 4.98 Å². The van der Waals surface area contributed by atoms with Gasteiger partial charge in [0.2, 0.25) is 5.78 Å². The van der Waals surface area contributed by atoms with E-state index in [4.69, 9.17) is 4.74 Å². The lowest BCUT2D eigenvalue weighted by atomic mass is 9.92. The number of anilines is 1. The second kappa shape index (κ2) is 8.59. The van der Waals surface area contributed by atoms with Gasteiger partial charge < -0.3 is 9.84 Å². The average Bonchev–Trinajstić information content (AvgIpc) is 3.24. The topological polar surface area (TPSA) is 79.7 Å². The first kappa shape index (κ1) is 21.8. The monoisotopic (exact) mass is 448 g/mol. The molecule has 0 spiro atoms. The van der Waals surface area contributed by atoms with E-state index in [1.54, 1.807) is 31.2 Å². The van der Waals surface area contributed by atoms with Crippen LogP contribution in [0.15, 0.2) is 59.9 Å². The summed E-state index contributed by atoms with van der Waals surface area (Å²) in [5.41, 5.74) is 2.93. The van der Waals surface area contributed by atoms with Gasteiger partial charge in [-0.1, -0.05) is 24.3 Å². The maximum absolute atomic E-state index is 13.6. The number of aliphatic hydroxyl groups is 1. The largest absolute Gasteiger partial charge is 0.503 e. The lowest BCUT2D eigenvalue weighted by molar-refractivity contribution is -0.117. The standard InChI is InChI=1S/C25H24N2O4S/c1-5-31-18-12-10-17(11-13-18)27-21(19-9-7-6-8-14(19)2)20(23(29)25(27)30)22(28)24-15(3)26-16(4)32-24/h6-13,21,29H,5H2,1-4H3. The molecule has 4 rings (SSSR count). The van der Waals surface area contributed by atoms with E-state index in [0.717, 1.165) is 16.1 Å². The Bertz CT molecular complexity index is 1230. The number of carbonyl (C=O) groups excluding carboxylic acids is 2. The van der Waals surface area contributed by atoms with Crippen LogP contribution in [0.2, 0.25) is 0 Å². The molecule has 0 bridgehead atoms. The van der Waals surface area contributed by atoms with Crippen molar-refractivity contribution in [2.45, 2.75) is 33.7 Å². The van der Waals surface area contributed by atoms with Crippen LogP contribution in [0.5, 0.6) is 5.75 Å². The number of hydrogen-bond acceptors (Lipinski definition) is 6. The van der Waals surface area contributed by atoms with Crippen molar-refractivity contribution in [3.63, 3.8) is 0 Å². The minimum atomic E-state index is -0.754. The zero-order chi connectivity index (χ0) is 23.0. The number of aryl methyl sites for hydroxylation is 3. The number of aromatic nitrogens is 1. The molecule has 1 aliphatic heterocycles. The zero-order valence-corrected chi connectivity index (χ0v) is 19.2. The van der Waals surface area contributed by atoms with Crippen molar-refractivity contribution >= 4 is 28.7 Å². The summed E-state index contributed by atoms with van der Waals surface area (Å²) in [6.07, 6.45) is 0. The summed E-state index contributed by atoms with van der Waals surface area (Å²) in [4.78, 5) is 33.1. The smallest absolute Gasteiger partial charge is 0.294 e. The normalized spacial score (nSPS) is 16.1. The molecular weight excluding hydrogens is 424 g/mol. The van der Waals surface area contributed by atoms with Crippen LogP contribution in [-0.4, -0.2) is 28.4 Å². The summed E-state index contributed by atoms with van der Waals surface area (Å²) in [6, 6.07) is 13.9. The molecule has 6 nitrogen and oxygen atoms in total. The van der Waals surface area contributed by atoms with E-state index in [1.165, 1.54) is 16.2 Å². The van der Waals surface area contributed by atoms with Crippen molar-refractivity contribution in [3.8, 4) is 5.75 Å². The fraction of sp³-hybridized carbons (Fsp3) is 0.240. The molecule has 0 radical (unpaired) electrons. The minimum Gasteiger partial charge on any atom is -0.503 e. The Hall–Kier alpha value is -3.45. The number of aliphatic hydroxyl groups excluding tert-OH is 1. The van der Waals surface area contributed by atoms with E-state index in [1.807, 2.05) is 45.0 Å². The van der Waals surface area contributed by atoms with Gasteiger partial charge in [-0.3, -0.25) is 14.5 Å². The van der Waals surface area contributed by atoms with Crippen LogP contribution in [0.3, 0.4) is 0 Å². The second-order valence-electron chi connectivity index (χ2n) is 7.60. The molecule has 1 aromatic heterocycles. The van der Waals surface area contributed by atoms with E-state index in [0.29, 0.717) is 28.6 Å². The summed E-state index contributed by atoms with van der Waals surface area (Å²) >= 11 is 1.27. The number of thiazole rings is 1. The Morgan fingerprint density at radius 2 is 1.81 bits per heavy atom. The first-order valence-electron chi connectivity index (χ1n) is 10.4. The van der Waals surface area contributed by atoms with Gasteiger partial charge in [0.25, 0.3) is 5.91 Å². The van der Waals surface area contributed by atoms with E-state index >= 15 is 0 Å². The number of carbonyl (C=O) groups is 2. The van der Waals surface area contributed by atoms with Crippen molar-refractivity contribution in [2.75, 3.05) is 11.5 Å². The Balaban J connectivity index is 1.87. The maximum atomic E-state index is 13.6. The predicted octanol–water partition coefficient (Wildman–Crippen LogP) is 5.25. The van der Waals surface area contributed by atoms with Crippen molar-refractivity contribution in [1.29, 1.82) is 0 Å². The molecule has 0 saturated carbocycles. The number of rotatable bonds is 6. The van der Waals surface area contributed by atoms with Crippen LogP contribution < -0.4 is 9.64 Å². The Morgan fingerprint density at radius 1 is 1.12 bits per heavy atom. The van der Waals surface area contributed by atoms with Crippen LogP contribution in [0, 0.1) is 20.8 Å². The van der Waals surface area contributed by atoms with Crippen LogP contribution in [0.25, 0.3) is 0 Å². The molecule has 1 aliphatic rings. The molecule has 0 fully saturated rings. The highest BCUT2D eigenvalue weighted by Crippen LogP contribution is 2.43. The fourth-order valence-corrected chi connectivity index (χ4v) is 4.90. The zero-order valence-electron chi connectivity index (χ0n) is 18.4. The maximum Gasteiger partial charge on any atom is 0.294 e. The Morgan fingerprint density at radius 3 is 2.41 bits per heavy atom. The van der Waals surface area contributed by atoms with Crippen molar-refractivity contribution in [2.24, 2.45) is 0 Å². The van der Waals surface area contributed by atoms with Gasteiger partial charge in [0.15, 0.2) is 5.76 Å². The van der Waals surface area contributed by atoms with E-state index in [-0.39, 0.29) is 11.4 Å². The number of amides is 1. The molecule has 32 heavy (non-hydrogen) atoms. The van der Waals surface area contributed by atoms with Crippen molar-refractivity contribution < 1.29 is 19.4 Å². The highest BCUT2D eigenvalue weighted by atomic mass is 32.1. The molecule has 3 aromatic rings. The molecule has 2 aromatic carbocycles. The van der Waals surface area contributed by atoms with Crippen LogP contribution >= 0.6 is 11.3 Å². The first-order valence-corrected chi connectivity index (χ1v) is 11.2. The van der Waals surface area contributed by atoms with Gasteiger partial charge in [-0.15, -0.1) is 11.3 Å². The highest BCUT2D eigenvalue weighted by Gasteiger charge is 2.45. The van der Waals surface area contributed by atoms with Crippen molar-refractivity contribution in [3.05, 3.63) is 86.6 Å². The van der Waals surface area contributed by atoms with Crippen LogP contribution in [0.1, 0.15) is 44.5 Å². The summed E-state index contributed by atoms with van der Waals surface area (Å²) < 4.78 is 5.51.